The lowest BCUT2D eigenvalue weighted by atomic mass is 10.1. The average Bonchev–Trinajstić information content (AvgIpc) is 2.49. The Morgan fingerprint density at radius 2 is 2.00 bits per heavy atom. The fourth-order valence-electron chi connectivity index (χ4n) is 2.96. The number of β-amino-alcohol motifs (C(OH)–C–C–N with tert-alkyl or cyclic N) is 1. The maximum absolute atomic E-state index is 12.3. The highest BCUT2D eigenvalue weighted by Crippen LogP contribution is 2.19. The van der Waals surface area contributed by atoms with Crippen molar-refractivity contribution in [2.75, 3.05) is 44.2 Å². The van der Waals surface area contributed by atoms with Crippen LogP contribution in [0.4, 0.5) is 5.69 Å². The molecule has 1 fully saturated rings. The first-order valence-electron chi connectivity index (χ1n) is 7.40. The van der Waals surface area contributed by atoms with Gasteiger partial charge in [0, 0.05) is 38.1 Å². The van der Waals surface area contributed by atoms with Crippen molar-refractivity contribution in [3.8, 4) is 0 Å². The molecule has 2 heterocycles. The predicted octanol–water partition coefficient (Wildman–Crippen LogP) is 0.951. The zero-order valence-corrected chi connectivity index (χ0v) is 12.3. The number of hydrogen-bond acceptors (Lipinski definition) is 4. The Bertz CT molecular complexity index is 687. The molecule has 0 amide bonds. The molecule has 0 aliphatic carbocycles. The van der Waals surface area contributed by atoms with Crippen LogP contribution in [0.1, 0.15) is 5.56 Å². The second kappa shape index (κ2) is 5.87. The van der Waals surface area contributed by atoms with Crippen LogP contribution in [-0.4, -0.2) is 54.3 Å². The first-order chi connectivity index (χ1) is 10.2. The molecule has 3 rings (SSSR count). The van der Waals surface area contributed by atoms with E-state index in [-0.39, 0.29) is 12.2 Å². The van der Waals surface area contributed by atoms with Crippen molar-refractivity contribution in [2.24, 2.45) is 0 Å². The molecule has 0 saturated carbocycles. The third kappa shape index (κ3) is 2.80. The average molecular weight is 287 g/mol. The number of piperazine rings is 1. The van der Waals surface area contributed by atoms with Crippen LogP contribution in [0, 0.1) is 6.92 Å². The molecule has 1 saturated heterocycles. The number of aromatic amines is 1. The minimum Gasteiger partial charge on any atom is -0.395 e. The van der Waals surface area contributed by atoms with Crippen molar-refractivity contribution in [3.63, 3.8) is 0 Å². The van der Waals surface area contributed by atoms with Crippen LogP contribution >= 0.6 is 0 Å². The molecule has 2 aromatic rings. The Balaban J connectivity index is 1.88. The van der Waals surface area contributed by atoms with Crippen LogP contribution in [0.15, 0.2) is 29.1 Å². The number of nitrogens with zero attached hydrogens (tertiary/aromatic N) is 2. The lowest BCUT2D eigenvalue weighted by molar-refractivity contribution is 0.188. The highest BCUT2D eigenvalue weighted by atomic mass is 16.3. The maximum atomic E-state index is 12.3. The Kier molecular flexibility index (Phi) is 3.94. The maximum Gasteiger partial charge on any atom is 0.271 e. The number of rotatable bonds is 3. The van der Waals surface area contributed by atoms with Gasteiger partial charge in [0.2, 0.25) is 0 Å². The van der Waals surface area contributed by atoms with E-state index >= 15 is 0 Å². The second-order valence-electron chi connectivity index (χ2n) is 5.58. The van der Waals surface area contributed by atoms with Crippen molar-refractivity contribution in [3.05, 3.63) is 40.2 Å². The van der Waals surface area contributed by atoms with E-state index in [0.717, 1.165) is 48.3 Å². The van der Waals surface area contributed by atoms with Gasteiger partial charge in [0.05, 0.1) is 12.1 Å². The van der Waals surface area contributed by atoms with Gasteiger partial charge in [-0.2, -0.15) is 0 Å². The molecule has 112 valence electrons. The van der Waals surface area contributed by atoms with E-state index in [9.17, 15) is 4.79 Å². The second-order valence-corrected chi connectivity index (χ2v) is 5.58. The number of aliphatic hydroxyl groups is 1. The van der Waals surface area contributed by atoms with Gasteiger partial charge in [0.25, 0.3) is 5.56 Å². The zero-order valence-electron chi connectivity index (χ0n) is 12.3. The summed E-state index contributed by atoms with van der Waals surface area (Å²) in [5, 5.41) is 10.1. The van der Waals surface area contributed by atoms with E-state index in [2.05, 4.69) is 14.8 Å². The van der Waals surface area contributed by atoms with E-state index in [4.69, 9.17) is 5.11 Å². The number of benzene rings is 1. The van der Waals surface area contributed by atoms with Gasteiger partial charge in [0.1, 0.15) is 5.69 Å². The summed E-state index contributed by atoms with van der Waals surface area (Å²) in [7, 11) is 0. The third-order valence-corrected chi connectivity index (χ3v) is 4.20. The fourth-order valence-corrected chi connectivity index (χ4v) is 2.96. The molecule has 0 atom stereocenters. The number of pyridine rings is 1. The Morgan fingerprint density at radius 1 is 1.24 bits per heavy atom. The molecule has 1 aliphatic rings. The van der Waals surface area contributed by atoms with Gasteiger partial charge in [-0.1, -0.05) is 18.2 Å². The van der Waals surface area contributed by atoms with Crippen LogP contribution in [0.25, 0.3) is 10.9 Å². The number of fused-ring (bicyclic) bond motifs is 1. The molecule has 0 unspecified atom stereocenters. The molecule has 0 bridgehead atoms. The smallest absolute Gasteiger partial charge is 0.271 e. The molecule has 2 N–H and O–H groups in total. The van der Waals surface area contributed by atoms with E-state index in [1.807, 2.05) is 31.2 Å². The quantitative estimate of drug-likeness (QED) is 0.882. The van der Waals surface area contributed by atoms with Crippen molar-refractivity contribution >= 4 is 16.6 Å². The van der Waals surface area contributed by atoms with Crippen LogP contribution in [0.3, 0.4) is 0 Å². The number of aryl methyl sites for hydroxylation is 1. The number of aromatic nitrogens is 1. The van der Waals surface area contributed by atoms with Gasteiger partial charge in [0.15, 0.2) is 0 Å². The molecule has 0 spiro atoms. The molecule has 21 heavy (non-hydrogen) atoms. The van der Waals surface area contributed by atoms with Crippen LogP contribution < -0.4 is 10.5 Å². The molecule has 1 aliphatic heterocycles. The number of aliphatic hydroxyl groups excluding tert-OH is 1. The zero-order chi connectivity index (χ0) is 14.8. The number of anilines is 1. The van der Waals surface area contributed by atoms with Crippen LogP contribution in [0.5, 0.6) is 0 Å². The summed E-state index contributed by atoms with van der Waals surface area (Å²) in [5.74, 6) is 0. The first-order valence-corrected chi connectivity index (χ1v) is 7.40. The number of H-pyrrole nitrogens is 1. The largest absolute Gasteiger partial charge is 0.395 e. The molecule has 0 radical (unpaired) electrons. The lowest BCUT2D eigenvalue weighted by Crippen LogP contribution is -2.48. The Hall–Kier alpha value is -1.85. The topological polar surface area (TPSA) is 59.6 Å². The monoisotopic (exact) mass is 287 g/mol. The fraction of sp³-hybridized carbons (Fsp3) is 0.438. The van der Waals surface area contributed by atoms with Crippen molar-refractivity contribution < 1.29 is 5.11 Å². The first kappa shape index (κ1) is 14.1. The minimum absolute atomic E-state index is 0.0209. The summed E-state index contributed by atoms with van der Waals surface area (Å²) in [6.45, 7) is 6.31. The summed E-state index contributed by atoms with van der Waals surface area (Å²) in [4.78, 5) is 19.7. The van der Waals surface area contributed by atoms with Crippen molar-refractivity contribution in [2.45, 2.75) is 6.92 Å². The van der Waals surface area contributed by atoms with E-state index in [0.29, 0.717) is 6.54 Å². The third-order valence-electron chi connectivity index (χ3n) is 4.20. The van der Waals surface area contributed by atoms with Gasteiger partial charge in [-0.3, -0.25) is 9.69 Å². The standard InChI is InChI=1S/C16H21N3O2/c1-12-3-2-4-13-11-14(16(21)17-15(12)13)19-7-5-18(6-8-19)9-10-20/h2-4,11,20H,5-10H2,1H3,(H,17,21). The molecule has 5 nitrogen and oxygen atoms in total. The number of hydrogen-bond donors (Lipinski definition) is 2. The molecular weight excluding hydrogens is 266 g/mol. The Labute approximate surface area is 123 Å². The summed E-state index contributed by atoms with van der Waals surface area (Å²) >= 11 is 0. The Morgan fingerprint density at radius 3 is 2.71 bits per heavy atom. The van der Waals surface area contributed by atoms with Crippen LogP contribution in [-0.2, 0) is 0 Å². The summed E-state index contributed by atoms with van der Waals surface area (Å²) < 4.78 is 0. The van der Waals surface area contributed by atoms with Crippen LogP contribution in [0.2, 0.25) is 0 Å². The number of para-hydroxylation sites is 1. The highest BCUT2D eigenvalue weighted by Gasteiger charge is 2.19. The summed E-state index contributed by atoms with van der Waals surface area (Å²) in [6.07, 6.45) is 0. The van der Waals surface area contributed by atoms with E-state index < -0.39 is 0 Å². The normalized spacial score (nSPS) is 16.6. The molecule has 1 aromatic heterocycles. The SMILES string of the molecule is Cc1cccc2cc(N3CCN(CCO)CC3)c(=O)[nH]c12. The van der Waals surface area contributed by atoms with E-state index in [1.54, 1.807) is 0 Å². The van der Waals surface area contributed by atoms with Gasteiger partial charge in [-0.05, 0) is 18.6 Å². The van der Waals surface area contributed by atoms with E-state index in [1.165, 1.54) is 0 Å². The van der Waals surface area contributed by atoms with Gasteiger partial charge in [-0.15, -0.1) is 0 Å². The van der Waals surface area contributed by atoms with Crippen molar-refractivity contribution in [1.82, 2.24) is 9.88 Å². The lowest BCUT2D eigenvalue weighted by Gasteiger charge is -2.35. The molecule has 1 aromatic carbocycles. The van der Waals surface area contributed by atoms with Gasteiger partial charge in [-0.25, -0.2) is 0 Å². The highest BCUT2D eigenvalue weighted by molar-refractivity contribution is 5.84. The van der Waals surface area contributed by atoms with Gasteiger partial charge >= 0.3 is 0 Å². The molecular formula is C16H21N3O2. The predicted molar refractivity (Wildman–Crippen MR) is 85.0 cm³/mol. The number of nitrogens with one attached hydrogen (secondary N) is 1. The summed E-state index contributed by atoms with van der Waals surface area (Å²) in [5.41, 5.74) is 2.73. The van der Waals surface area contributed by atoms with Gasteiger partial charge < -0.3 is 15.0 Å². The molecule has 5 heteroatoms. The minimum atomic E-state index is -0.0209. The van der Waals surface area contributed by atoms with Crippen molar-refractivity contribution in [1.29, 1.82) is 0 Å². The summed E-state index contributed by atoms with van der Waals surface area (Å²) in [6, 6.07) is 8.04.